The van der Waals surface area contributed by atoms with Gasteiger partial charge in [0.05, 0.1) is 13.7 Å². The Bertz CT molecular complexity index is 593. The van der Waals surface area contributed by atoms with Crippen molar-refractivity contribution in [1.29, 1.82) is 0 Å². The van der Waals surface area contributed by atoms with Gasteiger partial charge in [0.1, 0.15) is 11.5 Å². The molecule has 0 unspecified atom stereocenters. The van der Waals surface area contributed by atoms with Crippen LogP contribution >= 0.6 is 0 Å². The minimum Gasteiger partial charge on any atom is -0.497 e. The van der Waals surface area contributed by atoms with Crippen LogP contribution in [0.2, 0.25) is 0 Å². The van der Waals surface area contributed by atoms with Crippen LogP contribution in [0.3, 0.4) is 0 Å². The first-order valence-corrected chi connectivity index (χ1v) is 8.64. The monoisotopic (exact) mass is 326 g/mol. The van der Waals surface area contributed by atoms with E-state index in [9.17, 15) is 0 Å². The van der Waals surface area contributed by atoms with E-state index in [1.807, 2.05) is 42.5 Å². The predicted molar refractivity (Wildman–Crippen MR) is 98.2 cm³/mol. The Balaban J connectivity index is 1.36. The smallest absolute Gasteiger partial charge is 0.119 e. The highest BCUT2D eigenvalue weighted by atomic mass is 16.5. The first-order valence-electron chi connectivity index (χ1n) is 8.64. The molecule has 0 spiro atoms. The number of nitrogens with zero attached hydrogens (tertiary/aromatic N) is 2. The van der Waals surface area contributed by atoms with Crippen molar-refractivity contribution in [2.45, 2.75) is 6.42 Å². The van der Waals surface area contributed by atoms with Crippen LogP contribution in [-0.4, -0.2) is 51.3 Å². The van der Waals surface area contributed by atoms with Gasteiger partial charge in [0, 0.05) is 38.4 Å². The second-order valence-electron chi connectivity index (χ2n) is 6.04. The lowest BCUT2D eigenvalue weighted by Crippen LogP contribution is -2.46. The lowest BCUT2D eigenvalue weighted by Gasteiger charge is -2.36. The zero-order valence-corrected chi connectivity index (χ0v) is 14.4. The van der Waals surface area contributed by atoms with E-state index < -0.39 is 0 Å². The van der Waals surface area contributed by atoms with E-state index in [0.29, 0.717) is 0 Å². The topological polar surface area (TPSA) is 24.9 Å². The van der Waals surface area contributed by atoms with Gasteiger partial charge in [-0.15, -0.1) is 0 Å². The normalized spacial score (nSPS) is 15.3. The van der Waals surface area contributed by atoms with Crippen LogP contribution in [0, 0.1) is 0 Å². The summed E-state index contributed by atoms with van der Waals surface area (Å²) >= 11 is 0. The van der Waals surface area contributed by atoms with E-state index in [1.165, 1.54) is 5.69 Å². The molecule has 1 heterocycles. The summed E-state index contributed by atoms with van der Waals surface area (Å²) in [4.78, 5) is 4.96. The Hall–Kier alpha value is -2.20. The average molecular weight is 326 g/mol. The molecule has 4 nitrogen and oxygen atoms in total. The van der Waals surface area contributed by atoms with E-state index in [2.05, 4.69) is 21.9 Å². The van der Waals surface area contributed by atoms with Gasteiger partial charge in [-0.25, -0.2) is 0 Å². The molecule has 1 fully saturated rings. The molecule has 0 atom stereocenters. The molecule has 2 aromatic rings. The third-order valence-electron chi connectivity index (χ3n) is 4.44. The number of methoxy groups -OCH3 is 1. The summed E-state index contributed by atoms with van der Waals surface area (Å²) < 4.78 is 11.0. The van der Waals surface area contributed by atoms with Gasteiger partial charge in [-0.2, -0.15) is 0 Å². The summed E-state index contributed by atoms with van der Waals surface area (Å²) in [5.41, 5.74) is 1.28. The average Bonchev–Trinajstić information content (AvgIpc) is 2.67. The molecule has 24 heavy (non-hydrogen) atoms. The molecule has 0 saturated carbocycles. The van der Waals surface area contributed by atoms with Gasteiger partial charge in [-0.3, -0.25) is 4.90 Å². The number of piperazine rings is 1. The number of para-hydroxylation sites is 1. The zero-order valence-electron chi connectivity index (χ0n) is 14.4. The number of anilines is 1. The van der Waals surface area contributed by atoms with E-state index in [1.54, 1.807) is 7.11 Å². The molecule has 1 aliphatic heterocycles. The number of rotatable bonds is 7. The maximum Gasteiger partial charge on any atom is 0.119 e. The van der Waals surface area contributed by atoms with E-state index in [4.69, 9.17) is 9.47 Å². The molecule has 3 rings (SSSR count). The first kappa shape index (κ1) is 16.7. The summed E-state index contributed by atoms with van der Waals surface area (Å²) in [6, 6.07) is 18.4. The SMILES string of the molecule is COc1ccc(N2CCN(CCCOc3ccccc3)CC2)cc1. The number of ether oxygens (including phenoxy) is 2. The highest BCUT2D eigenvalue weighted by Gasteiger charge is 2.16. The fraction of sp³-hybridized carbons (Fsp3) is 0.400. The van der Waals surface area contributed by atoms with Crippen molar-refractivity contribution in [1.82, 2.24) is 4.90 Å². The fourth-order valence-corrected chi connectivity index (χ4v) is 3.02. The molecule has 1 aliphatic rings. The van der Waals surface area contributed by atoms with Crippen molar-refractivity contribution in [2.75, 3.05) is 51.3 Å². The van der Waals surface area contributed by atoms with E-state index in [0.717, 1.165) is 57.3 Å². The second kappa shape index (κ2) is 8.60. The van der Waals surface area contributed by atoms with Crippen LogP contribution in [-0.2, 0) is 0 Å². The Morgan fingerprint density at radius 2 is 1.54 bits per heavy atom. The second-order valence-corrected chi connectivity index (χ2v) is 6.04. The van der Waals surface area contributed by atoms with Crippen LogP contribution in [0.1, 0.15) is 6.42 Å². The minimum atomic E-state index is 0.780. The Morgan fingerprint density at radius 1 is 0.833 bits per heavy atom. The Morgan fingerprint density at radius 3 is 2.21 bits per heavy atom. The molecule has 0 bridgehead atoms. The molecule has 0 N–H and O–H groups in total. The molecule has 4 heteroatoms. The highest BCUT2D eigenvalue weighted by Crippen LogP contribution is 2.20. The van der Waals surface area contributed by atoms with Crippen molar-refractivity contribution in [3.8, 4) is 11.5 Å². The van der Waals surface area contributed by atoms with Gasteiger partial charge in [0.25, 0.3) is 0 Å². The molecule has 128 valence electrons. The third-order valence-corrected chi connectivity index (χ3v) is 4.44. The van der Waals surface area contributed by atoms with Crippen LogP contribution < -0.4 is 14.4 Å². The Labute approximate surface area is 144 Å². The van der Waals surface area contributed by atoms with Crippen LogP contribution in [0.25, 0.3) is 0 Å². The minimum absolute atomic E-state index is 0.780. The molecular formula is C20H26N2O2. The summed E-state index contributed by atoms with van der Waals surface area (Å²) in [6.45, 7) is 6.25. The summed E-state index contributed by atoms with van der Waals surface area (Å²) in [6.07, 6.45) is 1.07. The van der Waals surface area contributed by atoms with Gasteiger partial charge >= 0.3 is 0 Å². The molecule has 0 amide bonds. The highest BCUT2D eigenvalue weighted by molar-refractivity contribution is 5.49. The van der Waals surface area contributed by atoms with Crippen molar-refractivity contribution >= 4 is 5.69 Å². The lowest BCUT2D eigenvalue weighted by molar-refractivity contribution is 0.225. The molecule has 1 saturated heterocycles. The third kappa shape index (κ3) is 4.65. The van der Waals surface area contributed by atoms with E-state index >= 15 is 0 Å². The van der Waals surface area contributed by atoms with Crippen molar-refractivity contribution in [2.24, 2.45) is 0 Å². The summed E-state index contributed by atoms with van der Waals surface area (Å²) in [5, 5.41) is 0. The van der Waals surface area contributed by atoms with Gasteiger partial charge < -0.3 is 14.4 Å². The standard InChI is InChI=1S/C20H26N2O2/c1-23-19-10-8-18(9-11-19)22-15-13-21(14-16-22)12-5-17-24-20-6-3-2-4-7-20/h2-4,6-11H,5,12-17H2,1H3. The summed E-state index contributed by atoms with van der Waals surface area (Å²) in [5.74, 6) is 1.87. The molecule has 0 aliphatic carbocycles. The fourth-order valence-electron chi connectivity index (χ4n) is 3.02. The van der Waals surface area contributed by atoms with Gasteiger partial charge in [-0.05, 0) is 42.8 Å². The predicted octanol–water partition coefficient (Wildman–Crippen LogP) is 3.29. The number of benzene rings is 2. The van der Waals surface area contributed by atoms with E-state index in [-0.39, 0.29) is 0 Å². The van der Waals surface area contributed by atoms with Gasteiger partial charge in [0.15, 0.2) is 0 Å². The van der Waals surface area contributed by atoms with Crippen LogP contribution in [0.4, 0.5) is 5.69 Å². The zero-order chi connectivity index (χ0) is 16.6. The first-order chi connectivity index (χ1) is 11.8. The summed E-state index contributed by atoms with van der Waals surface area (Å²) in [7, 11) is 1.70. The van der Waals surface area contributed by atoms with Crippen molar-refractivity contribution in [3.63, 3.8) is 0 Å². The largest absolute Gasteiger partial charge is 0.497 e. The van der Waals surface area contributed by atoms with Gasteiger partial charge in [0.2, 0.25) is 0 Å². The van der Waals surface area contributed by atoms with Crippen LogP contribution in [0.15, 0.2) is 54.6 Å². The molecule has 0 aromatic heterocycles. The molecular weight excluding hydrogens is 300 g/mol. The molecule has 0 radical (unpaired) electrons. The van der Waals surface area contributed by atoms with Crippen LogP contribution in [0.5, 0.6) is 11.5 Å². The number of hydrogen-bond donors (Lipinski definition) is 0. The van der Waals surface area contributed by atoms with Crippen molar-refractivity contribution < 1.29 is 9.47 Å². The van der Waals surface area contributed by atoms with Gasteiger partial charge in [-0.1, -0.05) is 18.2 Å². The lowest BCUT2D eigenvalue weighted by atomic mass is 10.2. The number of hydrogen-bond acceptors (Lipinski definition) is 4. The maximum atomic E-state index is 5.76. The van der Waals surface area contributed by atoms with Crippen molar-refractivity contribution in [3.05, 3.63) is 54.6 Å². The Kier molecular flexibility index (Phi) is 5.96. The maximum absolute atomic E-state index is 5.76. The molecule has 2 aromatic carbocycles. The quantitative estimate of drug-likeness (QED) is 0.729.